The van der Waals surface area contributed by atoms with Crippen LogP contribution in [0.15, 0.2) is 60.7 Å². The summed E-state index contributed by atoms with van der Waals surface area (Å²) in [7, 11) is 1.56. The van der Waals surface area contributed by atoms with Gasteiger partial charge in [0.25, 0.3) is 5.91 Å². The summed E-state index contributed by atoms with van der Waals surface area (Å²) in [4.78, 5) is 43.9. The van der Waals surface area contributed by atoms with Gasteiger partial charge >= 0.3 is 0 Å². The third-order valence-corrected chi connectivity index (χ3v) is 8.26. The number of benzene rings is 2. The van der Waals surface area contributed by atoms with Crippen molar-refractivity contribution in [3.63, 3.8) is 0 Å². The predicted octanol–water partition coefficient (Wildman–Crippen LogP) is 3.92. The van der Waals surface area contributed by atoms with Crippen molar-refractivity contribution in [2.24, 2.45) is 35.5 Å². The lowest BCUT2D eigenvalue weighted by Gasteiger charge is -2.37. The number of carbonyl (C=O) groups excluding carboxylic acids is 3. The van der Waals surface area contributed by atoms with Gasteiger partial charge in [-0.1, -0.05) is 43.3 Å². The molecule has 0 N–H and O–H groups in total. The SMILES string of the molecule is CCc1ccccc1N(CN1C(=O)C2C3C=CC(C4CC34)C2C1=O)C(=O)c1cccc(OC)c1. The number of anilines is 1. The summed E-state index contributed by atoms with van der Waals surface area (Å²) in [5.74, 6) is 0.914. The lowest BCUT2D eigenvalue weighted by molar-refractivity contribution is -0.140. The average Bonchev–Trinajstić information content (AvgIpc) is 3.67. The topological polar surface area (TPSA) is 66.9 Å². The number of methoxy groups -OCH3 is 1. The van der Waals surface area contributed by atoms with Crippen LogP contribution in [0.3, 0.4) is 0 Å². The largest absolute Gasteiger partial charge is 0.497 e. The van der Waals surface area contributed by atoms with E-state index in [0.29, 0.717) is 23.1 Å². The lowest BCUT2D eigenvalue weighted by Crippen LogP contribution is -2.45. The molecule has 5 aliphatic rings. The molecule has 7 rings (SSSR count). The fourth-order valence-corrected chi connectivity index (χ4v) is 6.53. The monoisotopic (exact) mass is 456 g/mol. The highest BCUT2D eigenvalue weighted by Crippen LogP contribution is 2.65. The summed E-state index contributed by atoms with van der Waals surface area (Å²) in [6, 6.07) is 14.7. The predicted molar refractivity (Wildman–Crippen MR) is 127 cm³/mol. The highest BCUT2D eigenvalue weighted by atomic mass is 16.5. The zero-order valence-corrected chi connectivity index (χ0v) is 19.4. The van der Waals surface area contributed by atoms with Gasteiger partial charge in [-0.15, -0.1) is 0 Å². The minimum Gasteiger partial charge on any atom is -0.497 e. The van der Waals surface area contributed by atoms with E-state index in [9.17, 15) is 14.4 Å². The molecule has 2 saturated carbocycles. The Bertz CT molecular complexity index is 1180. The first-order valence-corrected chi connectivity index (χ1v) is 12.1. The minimum absolute atomic E-state index is 0.0769. The first kappa shape index (κ1) is 21.1. The maximum atomic E-state index is 13.8. The molecule has 6 nitrogen and oxygen atoms in total. The molecule has 6 heteroatoms. The molecule has 2 aromatic rings. The second kappa shape index (κ2) is 7.83. The maximum Gasteiger partial charge on any atom is 0.259 e. The second-order valence-electron chi connectivity index (χ2n) is 9.85. The van der Waals surface area contributed by atoms with Gasteiger partial charge in [-0.05, 0) is 66.3 Å². The zero-order valence-electron chi connectivity index (χ0n) is 19.4. The van der Waals surface area contributed by atoms with Crippen molar-refractivity contribution in [2.75, 3.05) is 18.7 Å². The molecule has 3 amide bonds. The maximum absolute atomic E-state index is 13.8. The molecule has 34 heavy (non-hydrogen) atoms. The average molecular weight is 457 g/mol. The Morgan fingerprint density at radius 1 is 1.00 bits per heavy atom. The Morgan fingerprint density at radius 3 is 2.32 bits per heavy atom. The van der Waals surface area contributed by atoms with Gasteiger partial charge in [0.1, 0.15) is 12.4 Å². The van der Waals surface area contributed by atoms with Gasteiger partial charge in [0.15, 0.2) is 0 Å². The van der Waals surface area contributed by atoms with E-state index >= 15 is 0 Å². The number of rotatable bonds is 6. The van der Waals surface area contributed by atoms with Crippen LogP contribution in [-0.2, 0) is 16.0 Å². The van der Waals surface area contributed by atoms with E-state index in [1.165, 1.54) is 4.90 Å². The molecule has 1 saturated heterocycles. The third kappa shape index (κ3) is 3.04. The summed E-state index contributed by atoms with van der Waals surface area (Å²) in [5.41, 5.74) is 2.15. The molecule has 4 aliphatic carbocycles. The Kier molecular flexibility index (Phi) is 4.87. The molecule has 0 radical (unpaired) electrons. The van der Waals surface area contributed by atoms with Crippen molar-refractivity contribution in [3.05, 3.63) is 71.8 Å². The molecular weight excluding hydrogens is 428 g/mol. The van der Waals surface area contributed by atoms with Crippen LogP contribution < -0.4 is 9.64 Å². The van der Waals surface area contributed by atoms with Crippen LogP contribution in [0, 0.1) is 35.5 Å². The van der Waals surface area contributed by atoms with Crippen LogP contribution in [0.1, 0.15) is 29.3 Å². The first-order valence-electron chi connectivity index (χ1n) is 12.1. The van der Waals surface area contributed by atoms with Crippen molar-refractivity contribution >= 4 is 23.4 Å². The third-order valence-electron chi connectivity index (χ3n) is 8.26. The summed E-state index contributed by atoms with van der Waals surface area (Å²) in [6.45, 7) is 1.95. The number of allylic oxidation sites excluding steroid dienone is 2. The van der Waals surface area contributed by atoms with Crippen LogP contribution in [-0.4, -0.2) is 36.4 Å². The van der Waals surface area contributed by atoms with Crippen LogP contribution in [0.5, 0.6) is 5.75 Å². The molecule has 174 valence electrons. The summed E-state index contributed by atoms with van der Waals surface area (Å²) >= 11 is 0. The van der Waals surface area contributed by atoms with Crippen LogP contribution in [0.25, 0.3) is 0 Å². The van der Waals surface area contributed by atoms with Gasteiger partial charge < -0.3 is 4.74 Å². The molecule has 6 unspecified atom stereocenters. The molecule has 6 atom stereocenters. The lowest BCUT2D eigenvalue weighted by atomic mass is 9.63. The smallest absolute Gasteiger partial charge is 0.259 e. The number of aryl methyl sites for hydroxylation is 1. The van der Waals surface area contributed by atoms with E-state index in [0.717, 1.165) is 24.1 Å². The zero-order chi connectivity index (χ0) is 23.6. The van der Waals surface area contributed by atoms with Crippen LogP contribution >= 0.6 is 0 Å². The normalized spacial score (nSPS) is 30.2. The van der Waals surface area contributed by atoms with E-state index < -0.39 is 0 Å². The highest BCUT2D eigenvalue weighted by molar-refractivity contribution is 6.10. The van der Waals surface area contributed by atoms with Crippen LogP contribution in [0.4, 0.5) is 5.69 Å². The number of hydrogen-bond donors (Lipinski definition) is 0. The Labute approximate surface area is 199 Å². The number of likely N-dealkylation sites (tertiary alicyclic amines) is 1. The standard InChI is InChI=1S/C28H28N2O4/c1-3-16-7-4-5-10-23(16)29(26(31)17-8-6-9-18(13-17)34-2)15-30-27(32)24-19-11-12-20(22-14-21(19)22)25(24)28(30)33/h4-13,19-22,24-25H,3,14-15H2,1-2H3. The number of amides is 3. The van der Waals surface area contributed by atoms with Crippen molar-refractivity contribution in [1.29, 1.82) is 0 Å². The van der Waals surface area contributed by atoms with E-state index in [-0.39, 0.29) is 48.1 Å². The molecule has 2 aromatic carbocycles. The van der Waals surface area contributed by atoms with Crippen LogP contribution in [0.2, 0.25) is 0 Å². The summed E-state index contributed by atoms with van der Waals surface area (Å²) in [5, 5.41) is 0. The first-order chi connectivity index (χ1) is 16.5. The molecule has 2 bridgehead atoms. The molecule has 0 spiro atoms. The highest BCUT2D eigenvalue weighted by Gasteiger charge is 2.67. The quantitative estimate of drug-likeness (QED) is 0.488. The van der Waals surface area contributed by atoms with Crippen molar-refractivity contribution in [2.45, 2.75) is 19.8 Å². The molecule has 0 aromatic heterocycles. The van der Waals surface area contributed by atoms with E-state index in [1.54, 1.807) is 36.3 Å². The van der Waals surface area contributed by atoms with Gasteiger partial charge in [0, 0.05) is 11.3 Å². The second-order valence-corrected chi connectivity index (χ2v) is 9.85. The van der Waals surface area contributed by atoms with E-state index in [1.807, 2.05) is 31.2 Å². The molecule has 1 aliphatic heterocycles. The number of carbonyl (C=O) groups is 3. The fourth-order valence-electron chi connectivity index (χ4n) is 6.53. The van der Waals surface area contributed by atoms with Gasteiger partial charge in [0.05, 0.1) is 18.9 Å². The fraction of sp³-hybridized carbons (Fsp3) is 0.393. The van der Waals surface area contributed by atoms with E-state index in [2.05, 4.69) is 12.2 Å². The number of para-hydroxylation sites is 1. The Hall–Kier alpha value is -3.41. The molecule has 3 fully saturated rings. The van der Waals surface area contributed by atoms with Gasteiger partial charge in [-0.2, -0.15) is 0 Å². The number of nitrogens with zero attached hydrogens (tertiary/aromatic N) is 2. The number of ether oxygens (including phenoxy) is 1. The molecule has 1 heterocycles. The molecular formula is C28H28N2O4. The number of imide groups is 1. The minimum atomic E-state index is -0.276. The number of hydrogen-bond acceptors (Lipinski definition) is 4. The van der Waals surface area contributed by atoms with E-state index in [4.69, 9.17) is 4.74 Å². The van der Waals surface area contributed by atoms with Crippen molar-refractivity contribution < 1.29 is 19.1 Å². The van der Waals surface area contributed by atoms with Gasteiger partial charge in [-0.25, -0.2) is 0 Å². The Balaban J connectivity index is 1.37. The summed E-state index contributed by atoms with van der Waals surface area (Å²) in [6.07, 6.45) is 6.18. The Morgan fingerprint density at radius 2 is 1.68 bits per heavy atom. The van der Waals surface area contributed by atoms with Crippen molar-refractivity contribution in [1.82, 2.24) is 4.90 Å². The van der Waals surface area contributed by atoms with Gasteiger partial charge in [0.2, 0.25) is 11.8 Å². The summed E-state index contributed by atoms with van der Waals surface area (Å²) < 4.78 is 5.32. The van der Waals surface area contributed by atoms with Gasteiger partial charge in [-0.3, -0.25) is 24.2 Å². The van der Waals surface area contributed by atoms with Crippen molar-refractivity contribution in [3.8, 4) is 5.75 Å².